The maximum atomic E-state index is 12.2. The summed E-state index contributed by atoms with van der Waals surface area (Å²) in [6.45, 7) is 8.12. The first-order valence-corrected chi connectivity index (χ1v) is 8.61. The Morgan fingerprint density at radius 1 is 1.08 bits per heavy atom. The summed E-state index contributed by atoms with van der Waals surface area (Å²) in [5, 5.41) is 2.88. The minimum Gasteiger partial charge on any atom is -0.326 e. The number of nitrogens with one attached hydrogen (secondary N) is 1. The zero-order valence-electron chi connectivity index (χ0n) is 15.4. The third-order valence-corrected chi connectivity index (χ3v) is 4.12. The van der Waals surface area contributed by atoms with Crippen LogP contribution in [-0.4, -0.2) is 18.4 Å². The molecule has 4 heteroatoms. The van der Waals surface area contributed by atoms with E-state index >= 15 is 0 Å². The lowest BCUT2D eigenvalue weighted by Crippen LogP contribution is -2.31. The van der Waals surface area contributed by atoms with E-state index in [0.717, 1.165) is 16.9 Å². The smallest absolute Gasteiger partial charge is 0.226 e. The van der Waals surface area contributed by atoms with Crippen molar-refractivity contribution in [3.63, 3.8) is 0 Å². The van der Waals surface area contributed by atoms with E-state index in [4.69, 9.17) is 0 Å². The van der Waals surface area contributed by atoms with Crippen molar-refractivity contribution in [2.75, 3.05) is 16.8 Å². The van der Waals surface area contributed by atoms with Gasteiger partial charge in [-0.1, -0.05) is 38.1 Å². The van der Waals surface area contributed by atoms with Gasteiger partial charge in [-0.15, -0.1) is 0 Å². The Kier molecular flexibility index (Phi) is 6.34. The van der Waals surface area contributed by atoms with E-state index in [2.05, 4.69) is 19.2 Å². The van der Waals surface area contributed by atoms with Gasteiger partial charge in [-0.3, -0.25) is 9.59 Å². The van der Waals surface area contributed by atoms with Crippen molar-refractivity contribution in [2.45, 2.75) is 40.0 Å². The monoisotopic (exact) mass is 338 g/mol. The molecule has 0 heterocycles. The summed E-state index contributed by atoms with van der Waals surface area (Å²) < 4.78 is 0. The van der Waals surface area contributed by atoms with Crippen molar-refractivity contribution < 1.29 is 9.59 Å². The summed E-state index contributed by atoms with van der Waals surface area (Å²) >= 11 is 0. The highest BCUT2D eigenvalue weighted by atomic mass is 16.2. The predicted octanol–water partition coefficient (Wildman–Crippen LogP) is 4.50. The fourth-order valence-corrected chi connectivity index (χ4v) is 2.67. The molecule has 0 bridgehead atoms. The standard InChI is InChI=1S/C21H26N2O2/c1-15(2)18-8-10-20(11-9-18)23(17(4)24)13-12-21(25)22-19-7-5-6-16(3)14-19/h5-11,14-15H,12-13H2,1-4H3,(H,22,25). The van der Waals surface area contributed by atoms with Gasteiger partial charge in [-0.05, 0) is 48.2 Å². The third kappa shape index (κ3) is 5.45. The summed E-state index contributed by atoms with van der Waals surface area (Å²) in [5.74, 6) is 0.274. The summed E-state index contributed by atoms with van der Waals surface area (Å²) in [6, 6.07) is 15.6. The highest BCUT2D eigenvalue weighted by Gasteiger charge is 2.14. The molecule has 0 aromatic heterocycles. The summed E-state index contributed by atoms with van der Waals surface area (Å²) in [5.41, 5.74) is 3.92. The number of anilines is 2. The van der Waals surface area contributed by atoms with Crippen molar-refractivity contribution in [2.24, 2.45) is 0 Å². The Labute approximate surface area is 149 Å². The second-order valence-corrected chi connectivity index (χ2v) is 6.58. The molecule has 0 radical (unpaired) electrons. The number of aryl methyl sites for hydroxylation is 1. The predicted molar refractivity (Wildman–Crippen MR) is 103 cm³/mol. The zero-order chi connectivity index (χ0) is 18.4. The van der Waals surface area contributed by atoms with Crippen LogP contribution in [0.25, 0.3) is 0 Å². The molecule has 25 heavy (non-hydrogen) atoms. The summed E-state index contributed by atoms with van der Waals surface area (Å²) in [7, 11) is 0. The molecular formula is C21H26N2O2. The Morgan fingerprint density at radius 2 is 1.76 bits per heavy atom. The van der Waals surface area contributed by atoms with Crippen LogP contribution >= 0.6 is 0 Å². The van der Waals surface area contributed by atoms with Crippen LogP contribution in [0.15, 0.2) is 48.5 Å². The molecule has 2 rings (SSSR count). The second-order valence-electron chi connectivity index (χ2n) is 6.58. The molecule has 0 saturated heterocycles. The van der Waals surface area contributed by atoms with Gasteiger partial charge < -0.3 is 10.2 Å². The molecule has 0 unspecified atom stereocenters. The zero-order valence-corrected chi connectivity index (χ0v) is 15.4. The number of amides is 2. The fraction of sp³-hybridized carbons (Fsp3) is 0.333. The minimum absolute atomic E-state index is 0.0688. The van der Waals surface area contributed by atoms with E-state index in [0.29, 0.717) is 12.5 Å². The molecule has 0 aliphatic carbocycles. The second kappa shape index (κ2) is 8.47. The van der Waals surface area contributed by atoms with Gasteiger partial charge in [0.1, 0.15) is 0 Å². The van der Waals surface area contributed by atoms with Gasteiger partial charge in [0.2, 0.25) is 11.8 Å². The molecule has 132 valence electrons. The number of benzene rings is 2. The van der Waals surface area contributed by atoms with E-state index < -0.39 is 0 Å². The van der Waals surface area contributed by atoms with Gasteiger partial charge >= 0.3 is 0 Å². The average molecular weight is 338 g/mol. The third-order valence-electron chi connectivity index (χ3n) is 4.12. The topological polar surface area (TPSA) is 49.4 Å². The van der Waals surface area contributed by atoms with Crippen molar-refractivity contribution in [3.05, 3.63) is 59.7 Å². The number of hydrogen-bond acceptors (Lipinski definition) is 2. The van der Waals surface area contributed by atoms with Crippen molar-refractivity contribution >= 4 is 23.2 Å². The number of nitrogens with zero attached hydrogens (tertiary/aromatic N) is 1. The molecule has 4 nitrogen and oxygen atoms in total. The minimum atomic E-state index is -0.101. The number of hydrogen-bond donors (Lipinski definition) is 1. The lowest BCUT2D eigenvalue weighted by Gasteiger charge is -2.21. The Hall–Kier alpha value is -2.62. The van der Waals surface area contributed by atoms with Crippen LogP contribution in [-0.2, 0) is 9.59 Å². The Balaban J connectivity index is 1.99. The normalized spacial score (nSPS) is 10.6. The first-order valence-electron chi connectivity index (χ1n) is 8.61. The average Bonchev–Trinajstić information content (AvgIpc) is 2.55. The van der Waals surface area contributed by atoms with Gasteiger partial charge in [-0.2, -0.15) is 0 Å². The van der Waals surface area contributed by atoms with Crippen LogP contribution in [0.3, 0.4) is 0 Å². The summed E-state index contributed by atoms with van der Waals surface area (Å²) in [4.78, 5) is 25.8. The molecule has 0 aliphatic heterocycles. The molecule has 0 atom stereocenters. The van der Waals surface area contributed by atoms with Crippen LogP contribution in [0.4, 0.5) is 11.4 Å². The highest BCUT2D eigenvalue weighted by molar-refractivity contribution is 5.94. The van der Waals surface area contributed by atoms with Crippen LogP contribution in [0.1, 0.15) is 44.2 Å². The van der Waals surface area contributed by atoms with E-state index in [1.165, 1.54) is 12.5 Å². The first kappa shape index (κ1) is 18.7. The van der Waals surface area contributed by atoms with E-state index in [1.807, 2.05) is 55.5 Å². The largest absolute Gasteiger partial charge is 0.326 e. The molecule has 0 fully saturated rings. The van der Waals surface area contributed by atoms with E-state index in [9.17, 15) is 9.59 Å². The van der Waals surface area contributed by atoms with Gasteiger partial charge in [-0.25, -0.2) is 0 Å². The highest BCUT2D eigenvalue weighted by Crippen LogP contribution is 2.20. The molecular weight excluding hydrogens is 312 g/mol. The first-order chi connectivity index (χ1) is 11.9. The van der Waals surface area contributed by atoms with Crippen LogP contribution in [0.2, 0.25) is 0 Å². The molecule has 0 saturated carbocycles. The fourth-order valence-electron chi connectivity index (χ4n) is 2.67. The van der Waals surface area contributed by atoms with Crippen molar-refractivity contribution in [1.82, 2.24) is 0 Å². The number of carbonyl (C=O) groups is 2. The lowest BCUT2D eigenvalue weighted by atomic mass is 10.0. The van der Waals surface area contributed by atoms with Gasteiger partial charge in [0, 0.05) is 31.3 Å². The molecule has 1 N–H and O–H groups in total. The van der Waals surface area contributed by atoms with Crippen LogP contribution < -0.4 is 10.2 Å². The van der Waals surface area contributed by atoms with Crippen LogP contribution in [0, 0.1) is 6.92 Å². The Morgan fingerprint density at radius 3 is 2.32 bits per heavy atom. The molecule has 2 amide bonds. The lowest BCUT2D eigenvalue weighted by molar-refractivity contribution is -0.117. The molecule has 2 aromatic rings. The van der Waals surface area contributed by atoms with Crippen LogP contribution in [0.5, 0.6) is 0 Å². The molecule has 0 aliphatic rings. The molecule has 0 spiro atoms. The summed E-state index contributed by atoms with van der Waals surface area (Å²) in [6.07, 6.45) is 0.249. The number of rotatable bonds is 6. The van der Waals surface area contributed by atoms with Crippen molar-refractivity contribution in [3.8, 4) is 0 Å². The van der Waals surface area contributed by atoms with Gasteiger partial charge in [0.25, 0.3) is 0 Å². The number of carbonyl (C=O) groups excluding carboxylic acids is 2. The van der Waals surface area contributed by atoms with E-state index in [-0.39, 0.29) is 18.2 Å². The quantitative estimate of drug-likeness (QED) is 0.843. The van der Waals surface area contributed by atoms with Gasteiger partial charge in [0.05, 0.1) is 0 Å². The SMILES string of the molecule is CC(=O)N(CCC(=O)Nc1cccc(C)c1)c1ccc(C(C)C)cc1. The maximum Gasteiger partial charge on any atom is 0.226 e. The van der Waals surface area contributed by atoms with Crippen molar-refractivity contribution in [1.29, 1.82) is 0 Å². The maximum absolute atomic E-state index is 12.2. The Bertz CT molecular complexity index is 736. The van der Waals surface area contributed by atoms with Gasteiger partial charge in [0.15, 0.2) is 0 Å². The van der Waals surface area contributed by atoms with E-state index in [1.54, 1.807) is 4.90 Å². The molecule has 2 aromatic carbocycles.